The first kappa shape index (κ1) is 18.8. The zero-order chi connectivity index (χ0) is 19.3. The summed E-state index contributed by atoms with van der Waals surface area (Å²) in [6, 6.07) is 0. The average molecular weight is 384 g/mol. The van der Waals surface area contributed by atoms with Crippen molar-refractivity contribution in [2.24, 2.45) is 5.92 Å². The molecular formula is C16H24N4O5S. The fraction of sp³-hybridized carbons (Fsp3) is 0.688. The van der Waals surface area contributed by atoms with Gasteiger partial charge in [0.15, 0.2) is 0 Å². The van der Waals surface area contributed by atoms with Crippen LogP contribution >= 0.6 is 0 Å². The molecule has 1 atom stereocenters. The molecule has 0 aliphatic carbocycles. The van der Waals surface area contributed by atoms with E-state index in [0.29, 0.717) is 25.1 Å². The quantitative estimate of drug-likeness (QED) is 0.799. The summed E-state index contributed by atoms with van der Waals surface area (Å²) < 4.78 is 28.9. The van der Waals surface area contributed by atoms with E-state index in [1.165, 1.54) is 15.4 Å². The molecule has 1 aromatic rings. The molecule has 2 aliphatic rings. The molecule has 1 N–H and O–H groups in total. The molecule has 0 unspecified atom stereocenters. The first-order valence-corrected chi connectivity index (χ1v) is 10.1. The number of hydrogen-bond acceptors (Lipinski definition) is 5. The number of carbonyl (C=O) groups is 2. The second-order valence-electron chi connectivity index (χ2n) is 6.99. The third kappa shape index (κ3) is 2.71. The second kappa shape index (κ2) is 6.34. The van der Waals surface area contributed by atoms with E-state index in [9.17, 15) is 23.1 Å². The van der Waals surface area contributed by atoms with E-state index in [2.05, 4.69) is 5.10 Å². The van der Waals surface area contributed by atoms with Crippen molar-refractivity contribution in [3.8, 4) is 0 Å². The third-order valence-electron chi connectivity index (χ3n) is 5.80. The molecule has 3 heterocycles. The van der Waals surface area contributed by atoms with Crippen molar-refractivity contribution in [1.82, 2.24) is 19.0 Å². The highest BCUT2D eigenvalue weighted by Gasteiger charge is 2.56. The van der Waals surface area contributed by atoms with Crippen molar-refractivity contribution in [2.45, 2.75) is 50.1 Å². The predicted molar refractivity (Wildman–Crippen MR) is 91.9 cm³/mol. The number of rotatable bonds is 4. The Kier molecular flexibility index (Phi) is 4.60. The maximum atomic E-state index is 13.0. The van der Waals surface area contributed by atoms with E-state index in [0.717, 1.165) is 0 Å². The maximum Gasteiger partial charge on any atom is 0.309 e. The molecule has 0 radical (unpaired) electrons. The summed E-state index contributed by atoms with van der Waals surface area (Å²) in [5.74, 6) is -2.00. The van der Waals surface area contributed by atoms with Crippen LogP contribution < -0.4 is 0 Å². The Morgan fingerprint density at radius 1 is 1.38 bits per heavy atom. The Morgan fingerprint density at radius 3 is 2.50 bits per heavy atom. The molecule has 0 bridgehead atoms. The fourth-order valence-electron chi connectivity index (χ4n) is 4.15. The van der Waals surface area contributed by atoms with Crippen LogP contribution in [0.25, 0.3) is 0 Å². The number of aromatic nitrogens is 2. The summed E-state index contributed by atoms with van der Waals surface area (Å²) in [5, 5.41) is 13.7. The SMILES string of the molecule is CCn1cc(S(=O)(=O)N2CCC3(CC2)[C@@H](C(=O)O)CC(=O)N3C)c(C)n1. The molecule has 0 aromatic carbocycles. The lowest BCUT2D eigenvalue weighted by Crippen LogP contribution is -2.56. The molecule has 1 amide bonds. The number of nitrogens with zero attached hydrogens (tertiary/aromatic N) is 4. The van der Waals surface area contributed by atoms with Crippen LogP contribution in [0.3, 0.4) is 0 Å². The molecule has 26 heavy (non-hydrogen) atoms. The van der Waals surface area contributed by atoms with Gasteiger partial charge >= 0.3 is 5.97 Å². The lowest BCUT2D eigenvalue weighted by Gasteiger charge is -2.44. The molecule has 0 saturated carbocycles. The minimum Gasteiger partial charge on any atom is -0.481 e. The van der Waals surface area contributed by atoms with E-state index in [1.54, 1.807) is 18.7 Å². The van der Waals surface area contributed by atoms with Gasteiger partial charge in [0.2, 0.25) is 15.9 Å². The number of likely N-dealkylation sites (tertiary alicyclic amines) is 1. The van der Waals surface area contributed by atoms with Crippen LogP contribution in [0, 0.1) is 12.8 Å². The molecule has 2 saturated heterocycles. The van der Waals surface area contributed by atoms with Crippen LogP contribution in [0.15, 0.2) is 11.1 Å². The van der Waals surface area contributed by atoms with Crippen LogP contribution in [0.5, 0.6) is 0 Å². The summed E-state index contributed by atoms with van der Waals surface area (Å²) in [5.41, 5.74) is -0.360. The number of amides is 1. The molecule has 2 aliphatic heterocycles. The van der Waals surface area contributed by atoms with Gasteiger partial charge in [-0.25, -0.2) is 8.42 Å². The Labute approximate surface area is 152 Å². The van der Waals surface area contributed by atoms with Crippen LogP contribution in [-0.2, 0) is 26.2 Å². The second-order valence-corrected chi connectivity index (χ2v) is 8.90. The molecule has 9 nitrogen and oxygen atoms in total. The van der Waals surface area contributed by atoms with Crippen LogP contribution in [0.1, 0.15) is 31.9 Å². The number of piperidine rings is 1. The van der Waals surface area contributed by atoms with E-state index in [1.807, 2.05) is 6.92 Å². The Hall–Kier alpha value is -1.94. The van der Waals surface area contributed by atoms with Gasteiger partial charge in [0.05, 0.1) is 17.2 Å². The van der Waals surface area contributed by atoms with Gasteiger partial charge in [-0.3, -0.25) is 14.3 Å². The van der Waals surface area contributed by atoms with Crippen molar-refractivity contribution in [3.63, 3.8) is 0 Å². The lowest BCUT2D eigenvalue weighted by molar-refractivity contribution is -0.145. The van der Waals surface area contributed by atoms with Gasteiger partial charge in [-0.1, -0.05) is 0 Å². The fourth-order valence-corrected chi connectivity index (χ4v) is 5.76. The number of carboxylic acids is 1. The molecule has 144 valence electrons. The Morgan fingerprint density at radius 2 is 2.00 bits per heavy atom. The third-order valence-corrected chi connectivity index (χ3v) is 7.80. The first-order valence-electron chi connectivity index (χ1n) is 8.67. The van der Waals surface area contributed by atoms with Gasteiger partial charge < -0.3 is 10.0 Å². The maximum absolute atomic E-state index is 13.0. The smallest absolute Gasteiger partial charge is 0.309 e. The van der Waals surface area contributed by atoms with Crippen molar-refractivity contribution in [1.29, 1.82) is 0 Å². The van der Waals surface area contributed by atoms with Crippen LogP contribution in [0.2, 0.25) is 0 Å². The van der Waals surface area contributed by atoms with Gasteiger partial charge in [0.25, 0.3) is 0 Å². The molecule has 3 rings (SSSR count). The normalized spacial score (nSPS) is 23.7. The summed E-state index contributed by atoms with van der Waals surface area (Å²) in [4.78, 5) is 25.4. The minimum atomic E-state index is -3.70. The molecule has 2 fully saturated rings. The molecule has 1 spiro atoms. The topological polar surface area (TPSA) is 113 Å². The zero-order valence-electron chi connectivity index (χ0n) is 15.2. The van der Waals surface area contributed by atoms with Crippen molar-refractivity contribution < 1.29 is 23.1 Å². The van der Waals surface area contributed by atoms with Crippen LogP contribution in [-0.4, -0.2) is 70.1 Å². The van der Waals surface area contributed by atoms with Crippen molar-refractivity contribution in [3.05, 3.63) is 11.9 Å². The summed E-state index contributed by atoms with van der Waals surface area (Å²) in [7, 11) is -2.08. The molecule has 10 heteroatoms. The number of aliphatic carboxylic acids is 1. The van der Waals surface area contributed by atoms with Crippen LogP contribution in [0.4, 0.5) is 0 Å². The standard InChI is InChI=1S/C16H24N4O5S/c1-4-19-10-13(11(2)17-19)26(24,25)20-7-5-16(6-8-20)12(15(22)23)9-14(21)18(16)3/h10,12H,4-9H2,1-3H3,(H,22,23)/t12-/m1/s1. The van der Waals surface area contributed by atoms with E-state index in [-0.39, 0.29) is 30.3 Å². The predicted octanol–water partition coefficient (Wildman–Crippen LogP) is 0.298. The van der Waals surface area contributed by atoms with Crippen molar-refractivity contribution >= 4 is 21.9 Å². The number of aryl methyl sites for hydroxylation is 2. The molecule has 1 aromatic heterocycles. The lowest BCUT2D eigenvalue weighted by atomic mass is 9.77. The highest BCUT2D eigenvalue weighted by molar-refractivity contribution is 7.89. The number of sulfonamides is 1. The van der Waals surface area contributed by atoms with E-state index < -0.39 is 27.4 Å². The Bertz CT molecular complexity index is 839. The highest BCUT2D eigenvalue weighted by Crippen LogP contribution is 2.43. The van der Waals surface area contributed by atoms with Gasteiger partial charge in [-0.05, 0) is 26.7 Å². The number of carbonyl (C=O) groups excluding carboxylic acids is 1. The summed E-state index contributed by atoms with van der Waals surface area (Å²) >= 11 is 0. The number of carboxylic acid groups (broad SMARTS) is 1. The zero-order valence-corrected chi connectivity index (χ0v) is 16.0. The van der Waals surface area contributed by atoms with E-state index in [4.69, 9.17) is 0 Å². The summed E-state index contributed by atoms with van der Waals surface area (Å²) in [6.45, 7) is 4.48. The minimum absolute atomic E-state index is 0.0268. The van der Waals surface area contributed by atoms with Gasteiger partial charge in [0.1, 0.15) is 4.90 Å². The molecular weight excluding hydrogens is 360 g/mol. The first-order chi connectivity index (χ1) is 12.1. The largest absolute Gasteiger partial charge is 0.481 e. The van der Waals surface area contributed by atoms with Gasteiger partial charge in [-0.2, -0.15) is 9.40 Å². The highest BCUT2D eigenvalue weighted by atomic mass is 32.2. The Balaban J connectivity index is 1.84. The number of hydrogen-bond donors (Lipinski definition) is 1. The van der Waals surface area contributed by atoms with E-state index >= 15 is 0 Å². The monoisotopic (exact) mass is 384 g/mol. The van der Waals surface area contributed by atoms with Gasteiger partial charge in [-0.15, -0.1) is 0 Å². The van der Waals surface area contributed by atoms with Gasteiger partial charge in [0, 0.05) is 39.3 Å². The average Bonchev–Trinajstić information content (AvgIpc) is 3.09. The van der Waals surface area contributed by atoms with Crippen molar-refractivity contribution in [2.75, 3.05) is 20.1 Å². The summed E-state index contributed by atoms with van der Waals surface area (Å²) in [6.07, 6.45) is 2.13.